The van der Waals surface area contributed by atoms with Crippen molar-refractivity contribution in [2.75, 3.05) is 31.1 Å². The molecule has 0 unspecified atom stereocenters. The van der Waals surface area contributed by atoms with Crippen LogP contribution >= 0.6 is 0 Å². The minimum atomic E-state index is 0.489. The summed E-state index contributed by atoms with van der Waals surface area (Å²) in [6.07, 6.45) is 5.21. The Bertz CT molecular complexity index is 782. The molecule has 1 aliphatic rings. The van der Waals surface area contributed by atoms with Crippen molar-refractivity contribution in [2.24, 2.45) is 0 Å². The highest BCUT2D eigenvalue weighted by atomic mass is 16.5. The lowest BCUT2D eigenvalue weighted by atomic mass is 10.2. The molecule has 0 spiro atoms. The van der Waals surface area contributed by atoms with E-state index >= 15 is 0 Å². The second-order valence-electron chi connectivity index (χ2n) is 5.30. The largest absolute Gasteiger partial charge is 0.354 e. The van der Waals surface area contributed by atoms with Crippen LogP contribution in [0.15, 0.2) is 47.4 Å². The summed E-state index contributed by atoms with van der Waals surface area (Å²) < 4.78 is 5.40. The van der Waals surface area contributed by atoms with Crippen LogP contribution in [-0.4, -0.2) is 46.3 Å². The van der Waals surface area contributed by atoms with Gasteiger partial charge in [0, 0.05) is 55.9 Å². The standard InChI is InChI=1S/C16H16N6O/c1-2-13(11-18-4-1)15-20-16(23-21-15)12-3-5-19-14(10-12)22-8-6-17-7-9-22/h1-5,10-11,17H,6-9H2. The zero-order chi connectivity index (χ0) is 15.5. The Morgan fingerprint density at radius 3 is 2.83 bits per heavy atom. The van der Waals surface area contributed by atoms with E-state index in [2.05, 4.69) is 30.3 Å². The number of piperazine rings is 1. The lowest BCUT2D eigenvalue weighted by molar-refractivity contribution is 0.432. The van der Waals surface area contributed by atoms with Crippen LogP contribution in [0, 0.1) is 0 Å². The van der Waals surface area contributed by atoms with Gasteiger partial charge in [-0.05, 0) is 24.3 Å². The molecule has 0 amide bonds. The molecule has 0 aromatic carbocycles. The molecule has 4 heterocycles. The first-order chi connectivity index (χ1) is 11.4. The molecular formula is C16H16N6O. The first kappa shape index (κ1) is 13.8. The van der Waals surface area contributed by atoms with Crippen molar-refractivity contribution in [3.63, 3.8) is 0 Å². The van der Waals surface area contributed by atoms with Gasteiger partial charge >= 0.3 is 0 Å². The third-order valence-electron chi connectivity index (χ3n) is 3.78. The van der Waals surface area contributed by atoms with E-state index < -0.39 is 0 Å². The molecule has 3 aromatic rings. The zero-order valence-electron chi connectivity index (χ0n) is 12.5. The highest BCUT2D eigenvalue weighted by Gasteiger charge is 2.15. The van der Waals surface area contributed by atoms with Gasteiger partial charge in [0.1, 0.15) is 5.82 Å². The Hall–Kier alpha value is -2.80. The van der Waals surface area contributed by atoms with Gasteiger partial charge in [0.2, 0.25) is 5.82 Å². The van der Waals surface area contributed by atoms with E-state index in [9.17, 15) is 0 Å². The van der Waals surface area contributed by atoms with E-state index in [0.717, 1.165) is 43.1 Å². The highest BCUT2D eigenvalue weighted by molar-refractivity contribution is 5.62. The van der Waals surface area contributed by atoms with Gasteiger partial charge in [0.05, 0.1) is 0 Å². The van der Waals surface area contributed by atoms with Gasteiger partial charge in [-0.2, -0.15) is 4.98 Å². The van der Waals surface area contributed by atoms with E-state index in [1.54, 1.807) is 18.6 Å². The van der Waals surface area contributed by atoms with Gasteiger partial charge in [-0.15, -0.1) is 0 Å². The summed E-state index contributed by atoms with van der Waals surface area (Å²) in [6.45, 7) is 3.83. The molecule has 0 saturated carbocycles. The maximum absolute atomic E-state index is 5.40. The fraction of sp³-hybridized carbons (Fsp3) is 0.250. The number of aromatic nitrogens is 4. The molecule has 1 N–H and O–H groups in total. The van der Waals surface area contributed by atoms with Gasteiger partial charge in [0.15, 0.2) is 0 Å². The smallest absolute Gasteiger partial charge is 0.258 e. The van der Waals surface area contributed by atoms with Crippen LogP contribution in [0.1, 0.15) is 0 Å². The molecule has 0 bridgehead atoms. The summed E-state index contributed by atoms with van der Waals surface area (Å²) in [7, 11) is 0. The highest BCUT2D eigenvalue weighted by Crippen LogP contribution is 2.24. The molecule has 116 valence electrons. The van der Waals surface area contributed by atoms with Gasteiger partial charge in [0.25, 0.3) is 5.89 Å². The zero-order valence-corrected chi connectivity index (χ0v) is 12.5. The van der Waals surface area contributed by atoms with Crippen LogP contribution in [0.2, 0.25) is 0 Å². The summed E-state index contributed by atoms with van der Waals surface area (Å²) in [6, 6.07) is 7.62. The Morgan fingerprint density at radius 1 is 1.09 bits per heavy atom. The predicted octanol–water partition coefficient (Wildman–Crippen LogP) is 1.60. The predicted molar refractivity (Wildman–Crippen MR) is 85.8 cm³/mol. The molecule has 3 aromatic heterocycles. The van der Waals surface area contributed by atoms with Crippen LogP contribution < -0.4 is 10.2 Å². The van der Waals surface area contributed by atoms with Crippen LogP contribution in [0.25, 0.3) is 22.8 Å². The number of nitrogens with one attached hydrogen (secondary N) is 1. The molecule has 1 saturated heterocycles. The van der Waals surface area contributed by atoms with E-state index in [1.165, 1.54) is 0 Å². The Morgan fingerprint density at radius 2 is 2.00 bits per heavy atom. The number of pyridine rings is 2. The van der Waals surface area contributed by atoms with Crippen molar-refractivity contribution in [3.8, 4) is 22.8 Å². The summed E-state index contributed by atoms with van der Waals surface area (Å²) in [5.41, 5.74) is 1.70. The van der Waals surface area contributed by atoms with Gasteiger partial charge < -0.3 is 14.7 Å². The lowest BCUT2D eigenvalue weighted by Crippen LogP contribution is -2.43. The first-order valence-electron chi connectivity index (χ1n) is 7.56. The number of anilines is 1. The maximum Gasteiger partial charge on any atom is 0.258 e. The SMILES string of the molecule is c1cncc(-c2noc(-c3ccnc(N4CCNCC4)c3)n2)c1. The Labute approximate surface area is 133 Å². The van der Waals surface area contributed by atoms with E-state index in [0.29, 0.717) is 11.7 Å². The normalized spacial score (nSPS) is 14.9. The van der Waals surface area contributed by atoms with E-state index in [1.807, 2.05) is 24.3 Å². The van der Waals surface area contributed by atoms with Crippen molar-refractivity contribution >= 4 is 5.82 Å². The van der Waals surface area contributed by atoms with Crippen molar-refractivity contribution < 1.29 is 4.52 Å². The average molecular weight is 308 g/mol. The topological polar surface area (TPSA) is 80.0 Å². The average Bonchev–Trinajstić information content (AvgIpc) is 3.14. The Balaban J connectivity index is 1.62. The van der Waals surface area contributed by atoms with Gasteiger partial charge in [-0.1, -0.05) is 5.16 Å². The first-order valence-corrected chi connectivity index (χ1v) is 7.56. The minimum absolute atomic E-state index is 0.489. The minimum Gasteiger partial charge on any atom is -0.354 e. The second-order valence-corrected chi connectivity index (χ2v) is 5.30. The second kappa shape index (κ2) is 6.13. The van der Waals surface area contributed by atoms with Crippen molar-refractivity contribution in [2.45, 2.75) is 0 Å². The molecule has 0 atom stereocenters. The van der Waals surface area contributed by atoms with Gasteiger partial charge in [-0.25, -0.2) is 4.98 Å². The number of hydrogen-bond acceptors (Lipinski definition) is 7. The summed E-state index contributed by atoms with van der Waals surface area (Å²) >= 11 is 0. The van der Waals surface area contributed by atoms with Crippen molar-refractivity contribution in [1.82, 2.24) is 25.4 Å². The fourth-order valence-electron chi connectivity index (χ4n) is 2.57. The molecule has 7 heteroatoms. The van der Waals surface area contributed by atoms with Crippen molar-refractivity contribution in [1.29, 1.82) is 0 Å². The van der Waals surface area contributed by atoms with Crippen LogP contribution in [0.3, 0.4) is 0 Å². The third-order valence-corrected chi connectivity index (χ3v) is 3.78. The molecule has 4 rings (SSSR count). The van der Waals surface area contributed by atoms with Crippen LogP contribution in [-0.2, 0) is 0 Å². The van der Waals surface area contributed by atoms with E-state index in [4.69, 9.17) is 4.52 Å². The molecule has 1 aliphatic heterocycles. The van der Waals surface area contributed by atoms with Crippen LogP contribution in [0.5, 0.6) is 0 Å². The third kappa shape index (κ3) is 2.91. The number of hydrogen-bond donors (Lipinski definition) is 1. The number of rotatable bonds is 3. The molecule has 7 nitrogen and oxygen atoms in total. The maximum atomic E-state index is 5.40. The monoisotopic (exact) mass is 308 g/mol. The molecule has 23 heavy (non-hydrogen) atoms. The summed E-state index contributed by atoms with van der Waals surface area (Å²) in [5.74, 6) is 1.96. The lowest BCUT2D eigenvalue weighted by Gasteiger charge is -2.28. The van der Waals surface area contributed by atoms with E-state index in [-0.39, 0.29) is 0 Å². The molecule has 0 aliphatic carbocycles. The molecular weight excluding hydrogens is 292 g/mol. The van der Waals surface area contributed by atoms with Crippen molar-refractivity contribution in [3.05, 3.63) is 42.9 Å². The van der Waals surface area contributed by atoms with Crippen LogP contribution in [0.4, 0.5) is 5.82 Å². The quantitative estimate of drug-likeness (QED) is 0.787. The fourth-order valence-corrected chi connectivity index (χ4v) is 2.57. The Kier molecular flexibility index (Phi) is 3.69. The molecule has 0 radical (unpaired) electrons. The summed E-state index contributed by atoms with van der Waals surface area (Å²) in [5, 5.41) is 7.37. The number of nitrogens with zero attached hydrogens (tertiary/aromatic N) is 5. The summed E-state index contributed by atoms with van der Waals surface area (Å²) in [4.78, 5) is 15.2. The molecule has 1 fully saturated rings. The van der Waals surface area contributed by atoms with Gasteiger partial charge in [-0.3, -0.25) is 4.98 Å².